The fourth-order valence-corrected chi connectivity index (χ4v) is 4.83. The van der Waals surface area contributed by atoms with E-state index in [1.807, 2.05) is 13.0 Å². The predicted molar refractivity (Wildman–Crippen MR) is 103 cm³/mol. The van der Waals surface area contributed by atoms with Crippen LogP contribution in [0.3, 0.4) is 0 Å². The van der Waals surface area contributed by atoms with E-state index in [2.05, 4.69) is 15.5 Å². The van der Waals surface area contributed by atoms with E-state index < -0.39 is 15.9 Å². The van der Waals surface area contributed by atoms with Gasteiger partial charge in [-0.25, -0.2) is 8.42 Å². The van der Waals surface area contributed by atoms with E-state index in [1.165, 1.54) is 10.4 Å². The molecular weight excluding hydrogens is 396 g/mol. The van der Waals surface area contributed by atoms with E-state index >= 15 is 0 Å². The van der Waals surface area contributed by atoms with Crippen LogP contribution in [0.25, 0.3) is 11.5 Å². The second-order valence-electron chi connectivity index (χ2n) is 7.02. The first kappa shape index (κ1) is 19.5. The van der Waals surface area contributed by atoms with Crippen LogP contribution in [0, 0.1) is 12.8 Å². The molecule has 1 atom stereocenters. The van der Waals surface area contributed by atoms with E-state index in [-0.39, 0.29) is 24.1 Å². The Morgan fingerprint density at radius 2 is 2.14 bits per heavy atom. The zero-order chi connectivity index (χ0) is 20.4. The Labute approximate surface area is 168 Å². The number of H-pyrrole nitrogens is 1. The predicted octanol–water partition coefficient (Wildman–Crippen LogP) is 2.29. The zero-order valence-electron chi connectivity index (χ0n) is 15.9. The van der Waals surface area contributed by atoms with Gasteiger partial charge in [-0.15, -0.1) is 0 Å². The molecule has 1 fully saturated rings. The molecule has 1 aliphatic heterocycles. The van der Waals surface area contributed by atoms with Gasteiger partial charge in [0.25, 0.3) is 10.0 Å². The van der Waals surface area contributed by atoms with Gasteiger partial charge in [-0.3, -0.25) is 9.89 Å². The molecule has 1 amide bonds. The number of hydrogen-bond donors (Lipinski definition) is 2. The van der Waals surface area contributed by atoms with Crippen molar-refractivity contribution in [1.82, 2.24) is 19.8 Å². The van der Waals surface area contributed by atoms with Crippen molar-refractivity contribution in [3.63, 3.8) is 0 Å². The number of amides is 1. The molecule has 4 heterocycles. The number of nitrogens with zero attached hydrogens (tertiary/aromatic N) is 2. The smallest absolute Gasteiger partial charge is 0.276 e. The van der Waals surface area contributed by atoms with Gasteiger partial charge in [0.2, 0.25) is 11.0 Å². The highest BCUT2D eigenvalue weighted by molar-refractivity contribution is 7.89. The summed E-state index contributed by atoms with van der Waals surface area (Å²) in [5, 5.41) is 9.25. The van der Waals surface area contributed by atoms with Gasteiger partial charge in [0, 0.05) is 19.3 Å². The van der Waals surface area contributed by atoms with Gasteiger partial charge in [0.15, 0.2) is 5.76 Å². The molecule has 0 aromatic carbocycles. The molecule has 0 radical (unpaired) electrons. The van der Waals surface area contributed by atoms with Crippen LogP contribution in [-0.2, 0) is 21.4 Å². The second kappa shape index (κ2) is 7.88. The van der Waals surface area contributed by atoms with E-state index in [1.54, 1.807) is 24.4 Å². The Hall–Kier alpha value is -2.85. The summed E-state index contributed by atoms with van der Waals surface area (Å²) < 4.78 is 38.3. The van der Waals surface area contributed by atoms with Crippen LogP contribution >= 0.6 is 0 Å². The molecule has 29 heavy (non-hydrogen) atoms. The maximum atomic E-state index is 13.0. The maximum Gasteiger partial charge on any atom is 0.276 e. The Morgan fingerprint density at radius 1 is 1.28 bits per heavy atom. The van der Waals surface area contributed by atoms with Gasteiger partial charge in [0.05, 0.1) is 12.5 Å². The van der Waals surface area contributed by atoms with E-state index in [9.17, 15) is 13.2 Å². The molecule has 2 N–H and O–H groups in total. The number of furan rings is 2. The Bertz CT molecular complexity index is 1080. The van der Waals surface area contributed by atoms with Gasteiger partial charge in [-0.1, -0.05) is 0 Å². The minimum Gasteiger partial charge on any atom is -0.465 e. The molecule has 9 nitrogen and oxygen atoms in total. The Balaban J connectivity index is 1.42. The van der Waals surface area contributed by atoms with Crippen molar-refractivity contribution in [3.05, 3.63) is 48.0 Å². The molecule has 0 aliphatic carbocycles. The van der Waals surface area contributed by atoms with Crippen molar-refractivity contribution in [2.45, 2.75) is 31.4 Å². The number of aryl methyl sites for hydroxylation is 1. The van der Waals surface area contributed by atoms with Crippen LogP contribution in [0.4, 0.5) is 0 Å². The second-order valence-corrected chi connectivity index (χ2v) is 8.89. The molecule has 3 aromatic rings. The van der Waals surface area contributed by atoms with Gasteiger partial charge >= 0.3 is 0 Å². The van der Waals surface area contributed by atoms with E-state index in [4.69, 9.17) is 8.83 Å². The van der Waals surface area contributed by atoms with Crippen molar-refractivity contribution in [2.75, 3.05) is 13.1 Å². The van der Waals surface area contributed by atoms with Crippen LogP contribution in [0.1, 0.15) is 24.4 Å². The molecule has 1 saturated heterocycles. The summed E-state index contributed by atoms with van der Waals surface area (Å²) in [5.74, 6) is 1.23. The molecule has 0 bridgehead atoms. The third kappa shape index (κ3) is 4.13. The summed E-state index contributed by atoms with van der Waals surface area (Å²) in [5.41, 5.74) is 0.593. The summed E-state index contributed by atoms with van der Waals surface area (Å²) in [6, 6.07) is 8.34. The number of nitrogens with one attached hydrogen (secondary N) is 2. The lowest BCUT2D eigenvalue weighted by Gasteiger charge is -2.30. The van der Waals surface area contributed by atoms with Crippen molar-refractivity contribution < 1.29 is 22.0 Å². The van der Waals surface area contributed by atoms with Crippen molar-refractivity contribution in [2.24, 2.45) is 5.92 Å². The minimum atomic E-state index is -3.83. The number of sulfonamides is 1. The molecule has 4 rings (SSSR count). The minimum absolute atomic E-state index is 0.117. The van der Waals surface area contributed by atoms with Gasteiger partial charge in [0.1, 0.15) is 17.2 Å². The summed E-state index contributed by atoms with van der Waals surface area (Å²) >= 11 is 0. The molecule has 0 unspecified atom stereocenters. The quantitative estimate of drug-likeness (QED) is 0.633. The van der Waals surface area contributed by atoms with Gasteiger partial charge in [-0.05, 0) is 50.1 Å². The van der Waals surface area contributed by atoms with Crippen molar-refractivity contribution in [3.8, 4) is 11.5 Å². The Morgan fingerprint density at radius 3 is 2.86 bits per heavy atom. The molecule has 154 valence electrons. The molecule has 3 aromatic heterocycles. The van der Waals surface area contributed by atoms with Crippen LogP contribution in [0.5, 0.6) is 0 Å². The molecule has 0 spiro atoms. The first-order valence-corrected chi connectivity index (χ1v) is 10.8. The third-order valence-electron chi connectivity index (χ3n) is 4.93. The van der Waals surface area contributed by atoms with Gasteiger partial charge in [-0.2, -0.15) is 9.40 Å². The van der Waals surface area contributed by atoms with Crippen molar-refractivity contribution >= 4 is 15.9 Å². The van der Waals surface area contributed by atoms with Crippen LogP contribution in [0.15, 0.2) is 50.5 Å². The summed E-state index contributed by atoms with van der Waals surface area (Å²) in [6.07, 6.45) is 2.79. The molecule has 1 aliphatic rings. The summed E-state index contributed by atoms with van der Waals surface area (Å²) in [6.45, 7) is 2.58. The molecule has 10 heteroatoms. The maximum absolute atomic E-state index is 13.0. The number of carbonyl (C=O) groups excluding carboxylic acids is 1. The highest BCUT2D eigenvalue weighted by Crippen LogP contribution is 2.28. The lowest BCUT2D eigenvalue weighted by Crippen LogP contribution is -2.45. The fourth-order valence-electron chi connectivity index (χ4n) is 3.40. The number of piperidine rings is 1. The number of aromatic nitrogens is 2. The molecular formula is C19H22N4O5S. The highest BCUT2D eigenvalue weighted by Gasteiger charge is 2.35. The summed E-state index contributed by atoms with van der Waals surface area (Å²) in [4.78, 5) is 12.5. The topological polar surface area (TPSA) is 121 Å². The normalized spacial score (nSPS) is 18.0. The first-order chi connectivity index (χ1) is 13.9. The highest BCUT2D eigenvalue weighted by atomic mass is 32.2. The number of aromatic amines is 1. The third-order valence-corrected chi connectivity index (χ3v) is 6.67. The average molecular weight is 418 g/mol. The summed E-state index contributed by atoms with van der Waals surface area (Å²) in [7, 11) is -3.83. The van der Waals surface area contributed by atoms with Gasteiger partial charge < -0.3 is 14.2 Å². The zero-order valence-corrected chi connectivity index (χ0v) is 16.7. The Kier molecular flexibility index (Phi) is 5.29. The molecule has 0 saturated carbocycles. The SMILES string of the molecule is Cc1ccc(CNC(=O)[C@H]2CCCN(S(=O)(=O)c3ccc(-c4ccn[nH]4)o3)C2)o1. The van der Waals surface area contributed by atoms with E-state index in [0.29, 0.717) is 36.6 Å². The van der Waals surface area contributed by atoms with Crippen LogP contribution in [-0.4, -0.2) is 41.9 Å². The van der Waals surface area contributed by atoms with E-state index in [0.717, 1.165) is 5.76 Å². The standard InChI is InChI=1S/C19H22N4O5S/c1-13-4-5-15(27-13)11-20-19(24)14-3-2-10-23(12-14)29(25,26)18-7-6-17(28-18)16-8-9-21-22-16/h4-9,14H,2-3,10-12H2,1H3,(H,20,24)(H,21,22)/t14-/m0/s1. The number of hydrogen-bond acceptors (Lipinski definition) is 6. The van der Waals surface area contributed by atoms with Crippen LogP contribution in [0.2, 0.25) is 0 Å². The lowest BCUT2D eigenvalue weighted by molar-refractivity contribution is -0.126. The monoisotopic (exact) mass is 418 g/mol. The largest absolute Gasteiger partial charge is 0.465 e. The fraction of sp³-hybridized carbons (Fsp3) is 0.368. The number of carbonyl (C=O) groups is 1. The van der Waals surface area contributed by atoms with Crippen LogP contribution < -0.4 is 5.32 Å². The van der Waals surface area contributed by atoms with Crippen molar-refractivity contribution in [1.29, 1.82) is 0 Å². The first-order valence-electron chi connectivity index (χ1n) is 9.36. The number of rotatable bonds is 6. The average Bonchev–Trinajstić information content (AvgIpc) is 3.47. The lowest BCUT2D eigenvalue weighted by atomic mass is 9.99.